The number of para-hydroxylation sites is 1. The second-order valence-electron chi connectivity index (χ2n) is 4.87. The molecule has 3 rings (SSSR count). The van der Waals surface area contributed by atoms with E-state index in [1.165, 1.54) is 12.1 Å². The second kappa shape index (κ2) is 5.51. The van der Waals surface area contributed by atoms with Gasteiger partial charge in [-0.15, -0.1) is 0 Å². The smallest absolute Gasteiger partial charge is 0.206 e. The lowest BCUT2D eigenvalue weighted by molar-refractivity contribution is 0.601. The molecule has 0 bridgehead atoms. The molecule has 0 fully saturated rings. The van der Waals surface area contributed by atoms with Gasteiger partial charge in [0.2, 0.25) is 5.43 Å². The third-order valence-corrected chi connectivity index (χ3v) is 5.40. The molecular formula is C16H11IO4S. The largest absolute Gasteiger partial charge is 0.455 e. The van der Waals surface area contributed by atoms with E-state index in [0.29, 0.717) is 25.9 Å². The standard InChI is InChI=1S/C16H11IO4S/c1-22(19,20)11-8-6-10(7-9-11)16-14(17)15(18)12-4-2-3-5-13(12)21-16/h2-9H,1H3. The third kappa shape index (κ3) is 2.68. The van der Waals surface area contributed by atoms with Gasteiger partial charge in [0.25, 0.3) is 0 Å². The van der Waals surface area contributed by atoms with E-state index in [1.807, 2.05) is 22.6 Å². The minimum Gasteiger partial charge on any atom is -0.455 e. The van der Waals surface area contributed by atoms with Crippen molar-refractivity contribution in [2.75, 3.05) is 6.26 Å². The number of halogens is 1. The maximum atomic E-state index is 12.4. The molecule has 4 nitrogen and oxygen atoms in total. The van der Waals surface area contributed by atoms with Gasteiger partial charge in [-0.1, -0.05) is 12.1 Å². The Labute approximate surface area is 140 Å². The van der Waals surface area contributed by atoms with Gasteiger partial charge < -0.3 is 4.42 Å². The van der Waals surface area contributed by atoms with E-state index in [0.717, 1.165) is 6.26 Å². The summed E-state index contributed by atoms with van der Waals surface area (Å²) in [5.41, 5.74) is 1.08. The topological polar surface area (TPSA) is 64.3 Å². The highest BCUT2D eigenvalue weighted by Crippen LogP contribution is 2.27. The summed E-state index contributed by atoms with van der Waals surface area (Å²) < 4.78 is 29.3. The number of hydrogen-bond donors (Lipinski definition) is 0. The molecule has 0 N–H and O–H groups in total. The monoisotopic (exact) mass is 426 g/mol. The first-order chi connectivity index (χ1) is 10.4. The summed E-state index contributed by atoms with van der Waals surface area (Å²) in [4.78, 5) is 12.6. The van der Waals surface area contributed by atoms with E-state index in [2.05, 4.69) is 0 Å². The third-order valence-electron chi connectivity index (χ3n) is 3.29. The first-order valence-corrected chi connectivity index (χ1v) is 9.37. The van der Waals surface area contributed by atoms with Gasteiger partial charge in [0.05, 0.1) is 10.3 Å². The lowest BCUT2D eigenvalue weighted by atomic mass is 10.1. The molecule has 0 saturated heterocycles. The van der Waals surface area contributed by atoms with Gasteiger partial charge >= 0.3 is 0 Å². The molecule has 2 aromatic carbocycles. The van der Waals surface area contributed by atoms with Crippen LogP contribution in [0.2, 0.25) is 0 Å². The van der Waals surface area contributed by atoms with Crippen LogP contribution in [0.4, 0.5) is 0 Å². The van der Waals surface area contributed by atoms with Gasteiger partial charge in [-0.05, 0) is 59.0 Å². The van der Waals surface area contributed by atoms with Crippen LogP contribution in [0.1, 0.15) is 0 Å². The van der Waals surface area contributed by atoms with E-state index in [9.17, 15) is 13.2 Å². The zero-order valence-corrected chi connectivity index (χ0v) is 14.5. The van der Waals surface area contributed by atoms with Crippen molar-refractivity contribution in [3.8, 4) is 11.3 Å². The van der Waals surface area contributed by atoms with Crippen molar-refractivity contribution >= 4 is 43.4 Å². The molecule has 0 radical (unpaired) electrons. The first kappa shape index (κ1) is 15.2. The molecule has 112 valence electrons. The number of fused-ring (bicyclic) bond motifs is 1. The number of benzene rings is 2. The molecule has 22 heavy (non-hydrogen) atoms. The predicted octanol–water partition coefficient (Wildman–Crippen LogP) is 3.47. The number of rotatable bonds is 2. The molecule has 0 aliphatic heterocycles. The summed E-state index contributed by atoms with van der Waals surface area (Å²) in [5.74, 6) is 0.448. The van der Waals surface area contributed by atoms with Crippen molar-refractivity contribution in [2.24, 2.45) is 0 Å². The van der Waals surface area contributed by atoms with E-state index in [1.54, 1.807) is 36.4 Å². The van der Waals surface area contributed by atoms with Crippen molar-refractivity contribution in [3.63, 3.8) is 0 Å². The van der Waals surface area contributed by atoms with Crippen LogP contribution in [0.25, 0.3) is 22.3 Å². The van der Waals surface area contributed by atoms with Crippen molar-refractivity contribution < 1.29 is 12.8 Å². The van der Waals surface area contributed by atoms with Gasteiger partial charge in [-0.25, -0.2) is 8.42 Å². The molecule has 0 saturated carbocycles. The Morgan fingerprint density at radius 3 is 2.27 bits per heavy atom. The summed E-state index contributed by atoms with van der Waals surface area (Å²) in [5, 5.41) is 0.531. The second-order valence-corrected chi connectivity index (χ2v) is 7.96. The minimum absolute atomic E-state index is 0.0929. The summed E-state index contributed by atoms with van der Waals surface area (Å²) in [6.07, 6.45) is 1.15. The Hall–Kier alpha value is -1.67. The molecule has 0 aliphatic carbocycles. The maximum Gasteiger partial charge on any atom is 0.206 e. The van der Waals surface area contributed by atoms with Crippen molar-refractivity contribution in [1.82, 2.24) is 0 Å². The van der Waals surface area contributed by atoms with Gasteiger partial charge in [0.1, 0.15) is 9.15 Å². The lowest BCUT2D eigenvalue weighted by Gasteiger charge is -2.06. The average molecular weight is 426 g/mol. The fourth-order valence-corrected chi connectivity index (χ4v) is 3.50. The average Bonchev–Trinajstić information content (AvgIpc) is 2.50. The molecule has 3 aromatic rings. The highest BCUT2D eigenvalue weighted by atomic mass is 127. The van der Waals surface area contributed by atoms with Crippen LogP contribution in [0, 0.1) is 3.57 Å². The van der Waals surface area contributed by atoms with Crippen LogP contribution in [-0.2, 0) is 9.84 Å². The number of hydrogen-bond acceptors (Lipinski definition) is 4. The Bertz CT molecular complexity index is 1020. The SMILES string of the molecule is CS(=O)(=O)c1ccc(-c2oc3ccccc3c(=O)c2I)cc1. The molecular weight excluding hydrogens is 415 g/mol. The quantitative estimate of drug-likeness (QED) is 0.589. The Morgan fingerprint density at radius 2 is 1.64 bits per heavy atom. The zero-order valence-electron chi connectivity index (χ0n) is 11.5. The van der Waals surface area contributed by atoms with Crippen molar-refractivity contribution in [3.05, 3.63) is 62.3 Å². The van der Waals surface area contributed by atoms with Gasteiger partial charge in [-0.3, -0.25) is 4.79 Å². The van der Waals surface area contributed by atoms with Crippen LogP contribution >= 0.6 is 22.6 Å². The van der Waals surface area contributed by atoms with Crippen LogP contribution in [0.15, 0.2) is 62.6 Å². The van der Waals surface area contributed by atoms with E-state index in [4.69, 9.17) is 4.42 Å². The lowest BCUT2D eigenvalue weighted by Crippen LogP contribution is -2.07. The highest BCUT2D eigenvalue weighted by Gasteiger charge is 2.14. The normalized spacial score (nSPS) is 11.7. The minimum atomic E-state index is -3.25. The Kier molecular flexibility index (Phi) is 3.82. The molecule has 1 aromatic heterocycles. The molecule has 0 amide bonds. The van der Waals surface area contributed by atoms with Crippen molar-refractivity contribution in [2.45, 2.75) is 4.90 Å². The fraction of sp³-hybridized carbons (Fsp3) is 0.0625. The molecule has 1 heterocycles. The molecule has 0 aliphatic rings. The molecule has 0 atom stereocenters. The van der Waals surface area contributed by atoms with Crippen LogP contribution in [-0.4, -0.2) is 14.7 Å². The summed E-state index contributed by atoms with van der Waals surface area (Å²) in [6, 6.07) is 13.4. The predicted molar refractivity (Wildman–Crippen MR) is 93.7 cm³/mol. The van der Waals surface area contributed by atoms with Crippen LogP contribution in [0.3, 0.4) is 0 Å². The molecule has 6 heteroatoms. The summed E-state index contributed by atoms with van der Waals surface area (Å²) in [7, 11) is -3.25. The van der Waals surface area contributed by atoms with E-state index in [-0.39, 0.29) is 10.3 Å². The van der Waals surface area contributed by atoms with E-state index >= 15 is 0 Å². The summed E-state index contributed by atoms with van der Waals surface area (Å²) >= 11 is 1.96. The van der Waals surface area contributed by atoms with Crippen LogP contribution in [0.5, 0.6) is 0 Å². The van der Waals surface area contributed by atoms with Gasteiger partial charge in [-0.2, -0.15) is 0 Å². The zero-order chi connectivity index (χ0) is 15.9. The van der Waals surface area contributed by atoms with E-state index < -0.39 is 9.84 Å². The Balaban J connectivity index is 2.22. The maximum absolute atomic E-state index is 12.4. The van der Waals surface area contributed by atoms with Crippen molar-refractivity contribution in [1.29, 1.82) is 0 Å². The fourth-order valence-electron chi connectivity index (χ4n) is 2.16. The highest BCUT2D eigenvalue weighted by molar-refractivity contribution is 14.1. The van der Waals surface area contributed by atoms with Gasteiger partial charge in [0, 0.05) is 11.8 Å². The summed E-state index contributed by atoms with van der Waals surface area (Å²) in [6.45, 7) is 0. The van der Waals surface area contributed by atoms with Crippen LogP contribution < -0.4 is 5.43 Å². The first-order valence-electron chi connectivity index (χ1n) is 6.40. The Morgan fingerprint density at radius 1 is 1.00 bits per heavy atom. The molecule has 0 unspecified atom stereocenters. The number of sulfone groups is 1. The van der Waals surface area contributed by atoms with Gasteiger partial charge in [0.15, 0.2) is 15.6 Å². The molecule has 0 spiro atoms.